The largest absolute Gasteiger partial charge is 0.424 e. The number of aromatic nitrogens is 2. The quantitative estimate of drug-likeness (QED) is 0.616. The van der Waals surface area contributed by atoms with Crippen molar-refractivity contribution in [2.75, 3.05) is 0 Å². The highest BCUT2D eigenvalue weighted by Gasteiger charge is 2.00. The Labute approximate surface area is 68.1 Å². The van der Waals surface area contributed by atoms with Crippen LogP contribution < -0.4 is 5.76 Å². The first-order valence-electron chi connectivity index (χ1n) is 3.36. The highest BCUT2D eigenvalue weighted by molar-refractivity contribution is 5.19. The Hall–Kier alpha value is -1.84. The molecule has 0 aliphatic rings. The molecule has 1 radical (unpaired) electrons. The normalized spacial score (nSPS) is 10.0. The molecule has 0 aliphatic heterocycles. The van der Waals surface area contributed by atoms with Crippen molar-refractivity contribution >= 4 is 0 Å². The minimum Gasteiger partial charge on any atom is -0.416 e. The molecule has 0 saturated carbocycles. The SMILES string of the molecule is O=c1occn1-c1c[c]ccn1. The van der Waals surface area contributed by atoms with Crippen LogP contribution in [0.2, 0.25) is 0 Å². The molecule has 59 valence electrons. The summed E-state index contributed by atoms with van der Waals surface area (Å²) < 4.78 is 5.87. The van der Waals surface area contributed by atoms with Gasteiger partial charge >= 0.3 is 5.76 Å². The second-order valence-corrected chi connectivity index (χ2v) is 2.15. The maximum absolute atomic E-state index is 11.0. The molecule has 0 fully saturated rings. The topological polar surface area (TPSA) is 48.0 Å². The summed E-state index contributed by atoms with van der Waals surface area (Å²) in [6.45, 7) is 0. The van der Waals surface area contributed by atoms with E-state index in [4.69, 9.17) is 0 Å². The summed E-state index contributed by atoms with van der Waals surface area (Å²) in [6.07, 6.45) is 4.39. The predicted molar refractivity (Wildman–Crippen MR) is 40.9 cm³/mol. The lowest BCUT2D eigenvalue weighted by molar-refractivity contribution is 0.503. The Bertz CT molecular complexity index is 416. The van der Waals surface area contributed by atoms with Gasteiger partial charge in [-0.2, -0.15) is 0 Å². The molecule has 0 aliphatic carbocycles. The number of oxazole rings is 1. The van der Waals surface area contributed by atoms with Crippen LogP contribution >= 0.6 is 0 Å². The van der Waals surface area contributed by atoms with Crippen molar-refractivity contribution in [3.63, 3.8) is 0 Å². The van der Waals surface area contributed by atoms with E-state index in [1.54, 1.807) is 18.3 Å². The summed E-state index contributed by atoms with van der Waals surface area (Å²) in [6, 6.07) is 6.08. The van der Waals surface area contributed by atoms with Gasteiger partial charge in [-0.3, -0.25) is 0 Å². The van der Waals surface area contributed by atoms with Gasteiger partial charge in [0.05, 0.1) is 6.20 Å². The second-order valence-electron chi connectivity index (χ2n) is 2.15. The molecule has 0 spiro atoms. The molecule has 0 N–H and O–H groups in total. The van der Waals surface area contributed by atoms with E-state index in [-0.39, 0.29) is 0 Å². The van der Waals surface area contributed by atoms with Crippen LogP contribution in [0.1, 0.15) is 0 Å². The lowest BCUT2D eigenvalue weighted by Gasteiger charge is -1.94. The maximum Gasteiger partial charge on any atom is 0.424 e. The van der Waals surface area contributed by atoms with E-state index in [0.717, 1.165) is 0 Å². The van der Waals surface area contributed by atoms with Crippen LogP contribution in [0.25, 0.3) is 5.82 Å². The van der Waals surface area contributed by atoms with Gasteiger partial charge in [-0.05, 0) is 18.2 Å². The Balaban J connectivity index is 2.59. The summed E-state index contributed by atoms with van der Waals surface area (Å²) in [5, 5.41) is 0. The molecule has 2 aromatic rings. The van der Waals surface area contributed by atoms with Crippen LogP contribution in [0.3, 0.4) is 0 Å². The fourth-order valence-electron chi connectivity index (χ4n) is 0.885. The average Bonchev–Trinajstić information content (AvgIpc) is 2.53. The molecule has 0 bridgehead atoms. The first-order valence-corrected chi connectivity index (χ1v) is 3.36. The number of pyridine rings is 1. The molecule has 4 heteroatoms. The minimum absolute atomic E-state index is 0.442. The second kappa shape index (κ2) is 2.65. The van der Waals surface area contributed by atoms with Gasteiger partial charge in [-0.15, -0.1) is 0 Å². The summed E-state index contributed by atoms with van der Waals surface area (Å²) >= 11 is 0. The zero-order valence-corrected chi connectivity index (χ0v) is 6.10. The van der Waals surface area contributed by atoms with Crippen molar-refractivity contribution in [1.29, 1.82) is 0 Å². The van der Waals surface area contributed by atoms with Crippen molar-refractivity contribution in [3.8, 4) is 5.82 Å². The number of hydrogen-bond donors (Lipinski definition) is 0. The molecule has 2 aromatic heterocycles. The Morgan fingerprint density at radius 1 is 1.58 bits per heavy atom. The van der Waals surface area contributed by atoms with Gasteiger partial charge in [-0.1, -0.05) is 0 Å². The van der Waals surface area contributed by atoms with Gasteiger partial charge < -0.3 is 4.42 Å². The lowest BCUT2D eigenvalue weighted by Crippen LogP contribution is -2.11. The molecular formula is C8H5N2O2. The van der Waals surface area contributed by atoms with Crippen LogP contribution in [0, 0.1) is 6.07 Å². The van der Waals surface area contributed by atoms with Gasteiger partial charge in [0.25, 0.3) is 0 Å². The molecule has 0 atom stereocenters. The standard InChI is InChI=1S/C8H5N2O2/c11-8-10(5-6-12-8)7-3-1-2-4-9-7/h2-6H. The van der Waals surface area contributed by atoms with E-state index >= 15 is 0 Å². The molecule has 2 rings (SSSR count). The molecule has 0 aromatic carbocycles. The molecular weight excluding hydrogens is 156 g/mol. The predicted octanol–water partition coefficient (Wildman–Crippen LogP) is 0.626. The third-order valence-corrected chi connectivity index (χ3v) is 1.41. The zero-order valence-electron chi connectivity index (χ0n) is 6.10. The number of hydrogen-bond acceptors (Lipinski definition) is 3. The Morgan fingerprint density at radius 2 is 2.50 bits per heavy atom. The minimum atomic E-state index is -0.442. The lowest BCUT2D eigenvalue weighted by atomic mass is 10.5. The van der Waals surface area contributed by atoms with Crippen LogP contribution in [0.4, 0.5) is 0 Å². The summed E-state index contributed by atoms with van der Waals surface area (Å²) in [5.41, 5.74) is 0. The van der Waals surface area contributed by atoms with Crippen LogP contribution in [-0.2, 0) is 0 Å². The molecule has 0 saturated heterocycles. The van der Waals surface area contributed by atoms with Gasteiger partial charge in [0.15, 0.2) is 0 Å². The van der Waals surface area contributed by atoms with Gasteiger partial charge in [0.2, 0.25) is 0 Å². The smallest absolute Gasteiger partial charge is 0.416 e. The third kappa shape index (κ3) is 1.03. The van der Waals surface area contributed by atoms with Crippen molar-refractivity contribution in [3.05, 3.63) is 47.4 Å². The third-order valence-electron chi connectivity index (χ3n) is 1.41. The molecule has 4 nitrogen and oxygen atoms in total. The van der Waals surface area contributed by atoms with E-state index in [1.165, 1.54) is 17.0 Å². The monoisotopic (exact) mass is 161 g/mol. The molecule has 0 amide bonds. The van der Waals surface area contributed by atoms with Crippen molar-refractivity contribution in [1.82, 2.24) is 9.55 Å². The average molecular weight is 161 g/mol. The summed E-state index contributed by atoms with van der Waals surface area (Å²) in [4.78, 5) is 14.9. The summed E-state index contributed by atoms with van der Waals surface area (Å²) in [7, 11) is 0. The van der Waals surface area contributed by atoms with E-state index in [9.17, 15) is 4.79 Å². The highest BCUT2D eigenvalue weighted by Crippen LogP contribution is 1.97. The van der Waals surface area contributed by atoms with Crippen LogP contribution in [0.15, 0.2) is 40.0 Å². The van der Waals surface area contributed by atoms with Gasteiger partial charge in [0, 0.05) is 6.20 Å². The van der Waals surface area contributed by atoms with Crippen molar-refractivity contribution in [2.24, 2.45) is 0 Å². The Morgan fingerprint density at radius 3 is 3.08 bits per heavy atom. The first kappa shape index (κ1) is 6.84. The fraction of sp³-hybridized carbons (Fsp3) is 0. The van der Waals surface area contributed by atoms with Crippen molar-refractivity contribution < 1.29 is 4.42 Å². The zero-order chi connectivity index (χ0) is 8.39. The van der Waals surface area contributed by atoms with Crippen molar-refractivity contribution in [2.45, 2.75) is 0 Å². The van der Waals surface area contributed by atoms with E-state index in [1.807, 2.05) is 0 Å². The van der Waals surface area contributed by atoms with Gasteiger partial charge in [-0.25, -0.2) is 14.3 Å². The van der Waals surface area contributed by atoms with Crippen LogP contribution in [0.5, 0.6) is 0 Å². The van der Waals surface area contributed by atoms with E-state index < -0.39 is 5.76 Å². The van der Waals surface area contributed by atoms with E-state index in [2.05, 4.69) is 15.5 Å². The maximum atomic E-state index is 11.0. The number of rotatable bonds is 1. The molecule has 12 heavy (non-hydrogen) atoms. The first-order chi connectivity index (χ1) is 5.88. The summed E-state index contributed by atoms with van der Waals surface area (Å²) in [5.74, 6) is 0.0679. The molecule has 0 unspecified atom stereocenters. The number of nitrogens with zero attached hydrogens (tertiary/aromatic N) is 2. The fourth-order valence-corrected chi connectivity index (χ4v) is 0.885. The van der Waals surface area contributed by atoms with Crippen LogP contribution in [-0.4, -0.2) is 9.55 Å². The highest BCUT2D eigenvalue weighted by atomic mass is 16.4. The Kier molecular flexibility index (Phi) is 1.51. The van der Waals surface area contributed by atoms with Gasteiger partial charge in [0.1, 0.15) is 12.1 Å². The van der Waals surface area contributed by atoms with E-state index in [0.29, 0.717) is 5.82 Å². The molecule has 2 heterocycles.